The Morgan fingerprint density at radius 2 is 1.94 bits per heavy atom. The van der Waals surface area contributed by atoms with Crippen LogP contribution in [0.1, 0.15) is 31.2 Å². The molecule has 1 aliphatic rings. The molecule has 0 aliphatic heterocycles. The molecule has 0 saturated heterocycles. The normalized spacial score (nSPS) is 25.4. The summed E-state index contributed by atoms with van der Waals surface area (Å²) >= 11 is 6.10. The van der Waals surface area contributed by atoms with Crippen molar-refractivity contribution in [2.45, 2.75) is 44.8 Å². The SMILES string of the molecule is Cc1ccc(O[C@H]2CC[C@H](O)CC2)c(Cl)c1. The number of aliphatic hydroxyl groups is 1. The molecule has 16 heavy (non-hydrogen) atoms. The number of benzene rings is 1. The van der Waals surface area contributed by atoms with Gasteiger partial charge in [0, 0.05) is 0 Å². The maximum Gasteiger partial charge on any atom is 0.138 e. The fourth-order valence-electron chi connectivity index (χ4n) is 2.04. The van der Waals surface area contributed by atoms with Crippen LogP contribution in [-0.2, 0) is 0 Å². The first-order valence-corrected chi connectivity index (χ1v) is 6.14. The summed E-state index contributed by atoms with van der Waals surface area (Å²) in [7, 11) is 0. The number of halogens is 1. The Morgan fingerprint density at radius 1 is 1.25 bits per heavy atom. The molecule has 1 fully saturated rings. The predicted molar refractivity (Wildman–Crippen MR) is 65.1 cm³/mol. The molecular formula is C13H17ClO2. The number of rotatable bonds is 2. The van der Waals surface area contributed by atoms with Crippen molar-refractivity contribution >= 4 is 11.6 Å². The molecule has 2 rings (SSSR count). The van der Waals surface area contributed by atoms with Crippen molar-refractivity contribution < 1.29 is 9.84 Å². The summed E-state index contributed by atoms with van der Waals surface area (Å²) < 4.78 is 5.85. The highest BCUT2D eigenvalue weighted by Crippen LogP contribution is 2.29. The van der Waals surface area contributed by atoms with Crippen LogP contribution in [0, 0.1) is 6.92 Å². The Bertz CT molecular complexity index is 357. The van der Waals surface area contributed by atoms with Gasteiger partial charge in [-0.2, -0.15) is 0 Å². The lowest BCUT2D eigenvalue weighted by Gasteiger charge is -2.26. The predicted octanol–water partition coefficient (Wildman–Crippen LogP) is 3.33. The molecule has 0 spiro atoms. The number of hydrogen-bond acceptors (Lipinski definition) is 2. The van der Waals surface area contributed by atoms with Crippen LogP contribution < -0.4 is 4.74 Å². The van der Waals surface area contributed by atoms with Crippen LogP contribution >= 0.6 is 11.6 Å². The fourth-order valence-corrected chi connectivity index (χ4v) is 2.32. The molecule has 0 bridgehead atoms. The van der Waals surface area contributed by atoms with Crippen molar-refractivity contribution in [1.82, 2.24) is 0 Å². The van der Waals surface area contributed by atoms with Gasteiger partial charge in [-0.05, 0) is 50.3 Å². The first kappa shape index (κ1) is 11.7. The molecule has 0 heterocycles. The number of aliphatic hydroxyl groups excluding tert-OH is 1. The van der Waals surface area contributed by atoms with Crippen molar-refractivity contribution in [3.63, 3.8) is 0 Å². The highest BCUT2D eigenvalue weighted by molar-refractivity contribution is 6.32. The first-order chi connectivity index (χ1) is 7.65. The third kappa shape index (κ3) is 2.89. The molecular weight excluding hydrogens is 224 g/mol. The maximum absolute atomic E-state index is 9.40. The second kappa shape index (κ2) is 5.07. The Labute approximate surface area is 101 Å². The van der Waals surface area contributed by atoms with Crippen LogP contribution in [0.3, 0.4) is 0 Å². The molecule has 1 aromatic rings. The van der Waals surface area contributed by atoms with Crippen molar-refractivity contribution in [1.29, 1.82) is 0 Å². The maximum atomic E-state index is 9.40. The summed E-state index contributed by atoms with van der Waals surface area (Å²) in [6.07, 6.45) is 3.52. The van der Waals surface area contributed by atoms with E-state index in [1.165, 1.54) is 0 Å². The molecule has 88 valence electrons. The molecule has 0 amide bonds. The van der Waals surface area contributed by atoms with Crippen molar-refractivity contribution in [2.24, 2.45) is 0 Å². The van der Waals surface area contributed by atoms with Crippen molar-refractivity contribution in [2.75, 3.05) is 0 Å². The van der Waals surface area contributed by atoms with E-state index in [1.54, 1.807) is 0 Å². The molecule has 0 atom stereocenters. The standard InChI is InChI=1S/C13H17ClO2/c1-9-2-7-13(12(14)8-9)16-11-5-3-10(15)4-6-11/h2,7-8,10-11,15H,3-6H2,1H3/t10-,11-. The zero-order valence-electron chi connectivity index (χ0n) is 9.45. The molecule has 0 aromatic heterocycles. The van der Waals surface area contributed by atoms with Crippen molar-refractivity contribution in [3.05, 3.63) is 28.8 Å². The van der Waals surface area contributed by atoms with Gasteiger partial charge in [-0.3, -0.25) is 0 Å². The van der Waals surface area contributed by atoms with Crippen LogP contribution in [0.15, 0.2) is 18.2 Å². The molecule has 2 nitrogen and oxygen atoms in total. The lowest BCUT2D eigenvalue weighted by atomic mass is 9.95. The quantitative estimate of drug-likeness (QED) is 0.859. The van der Waals surface area contributed by atoms with E-state index in [0.717, 1.165) is 37.0 Å². The minimum atomic E-state index is -0.145. The van der Waals surface area contributed by atoms with E-state index in [4.69, 9.17) is 16.3 Å². The summed E-state index contributed by atoms with van der Waals surface area (Å²) in [6, 6.07) is 5.83. The van der Waals surface area contributed by atoms with Gasteiger partial charge in [-0.25, -0.2) is 0 Å². The molecule has 1 aromatic carbocycles. The third-order valence-electron chi connectivity index (χ3n) is 3.02. The van der Waals surface area contributed by atoms with E-state index >= 15 is 0 Å². The van der Waals surface area contributed by atoms with Gasteiger partial charge < -0.3 is 9.84 Å². The lowest BCUT2D eigenvalue weighted by Crippen LogP contribution is -2.26. The molecule has 1 saturated carbocycles. The van der Waals surface area contributed by atoms with Gasteiger partial charge in [0.05, 0.1) is 17.2 Å². The first-order valence-electron chi connectivity index (χ1n) is 5.76. The Morgan fingerprint density at radius 3 is 2.56 bits per heavy atom. The largest absolute Gasteiger partial charge is 0.489 e. The number of aryl methyl sites for hydroxylation is 1. The van der Waals surface area contributed by atoms with Crippen LogP contribution in [0.2, 0.25) is 5.02 Å². The monoisotopic (exact) mass is 240 g/mol. The lowest BCUT2D eigenvalue weighted by molar-refractivity contribution is 0.0666. The zero-order chi connectivity index (χ0) is 11.5. The van der Waals surface area contributed by atoms with Gasteiger partial charge in [-0.15, -0.1) is 0 Å². The summed E-state index contributed by atoms with van der Waals surface area (Å²) in [6.45, 7) is 2.01. The van der Waals surface area contributed by atoms with Crippen molar-refractivity contribution in [3.8, 4) is 5.75 Å². The van der Waals surface area contributed by atoms with E-state index in [0.29, 0.717) is 5.02 Å². The molecule has 0 unspecified atom stereocenters. The van der Waals surface area contributed by atoms with Gasteiger partial charge in [0.2, 0.25) is 0 Å². The highest BCUT2D eigenvalue weighted by Gasteiger charge is 2.21. The average molecular weight is 241 g/mol. The average Bonchev–Trinajstić information content (AvgIpc) is 2.25. The number of ether oxygens (including phenoxy) is 1. The van der Waals surface area contributed by atoms with Crippen LogP contribution in [0.25, 0.3) is 0 Å². The highest BCUT2D eigenvalue weighted by atomic mass is 35.5. The fraction of sp³-hybridized carbons (Fsp3) is 0.538. The Kier molecular flexibility index (Phi) is 3.72. The van der Waals surface area contributed by atoms with Gasteiger partial charge in [0.25, 0.3) is 0 Å². The topological polar surface area (TPSA) is 29.5 Å². The van der Waals surface area contributed by atoms with Crippen LogP contribution in [0.4, 0.5) is 0 Å². The third-order valence-corrected chi connectivity index (χ3v) is 3.32. The zero-order valence-corrected chi connectivity index (χ0v) is 10.2. The molecule has 1 aliphatic carbocycles. The van der Waals surface area contributed by atoms with E-state index < -0.39 is 0 Å². The van der Waals surface area contributed by atoms with E-state index in [-0.39, 0.29) is 12.2 Å². The Hall–Kier alpha value is -0.730. The molecule has 0 radical (unpaired) electrons. The van der Waals surface area contributed by atoms with E-state index in [9.17, 15) is 5.11 Å². The number of hydrogen-bond donors (Lipinski definition) is 1. The van der Waals surface area contributed by atoms with E-state index in [1.807, 2.05) is 25.1 Å². The minimum absolute atomic E-state index is 0.145. The second-order valence-electron chi connectivity index (χ2n) is 4.48. The summed E-state index contributed by atoms with van der Waals surface area (Å²) in [4.78, 5) is 0. The van der Waals surface area contributed by atoms with E-state index in [2.05, 4.69) is 0 Å². The summed E-state index contributed by atoms with van der Waals surface area (Å²) in [5, 5.41) is 10.1. The molecule has 3 heteroatoms. The van der Waals surface area contributed by atoms with Gasteiger partial charge in [0.15, 0.2) is 0 Å². The summed E-state index contributed by atoms with van der Waals surface area (Å²) in [5.74, 6) is 0.758. The van der Waals surface area contributed by atoms with Gasteiger partial charge >= 0.3 is 0 Å². The van der Waals surface area contributed by atoms with Gasteiger partial charge in [0.1, 0.15) is 5.75 Å². The molecule has 1 N–H and O–H groups in total. The van der Waals surface area contributed by atoms with Gasteiger partial charge in [-0.1, -0.05) is 17.7 Å². The Balaban J connectivity index is 1.98. The minimum Gasteiger partial charge on any atom is -0.489 e. The van der Waals surface area contributed by atoms with Crippen LogP contribution in [-0.4, -0.2) is 17.3 Å². The smallest absolute Gasteiger partial charge is 0.138 e. The second-order valence-corrected chi connectivity index (χ2v) is 4.89. The summed E-state index contributed by atoms with van der Waals surface area (Å²) in [5.41, 5.74) is 1.14. The van der Waals surface area contributed by atoms with Crippen LogP contribution in [0.5, 0.6) is 5.75 Å².